The van der Waals surface area contributed by atoms with E-state index in [1.165, 1.54) is 5.69 Å². The van der Waals surface area contributed by atoms with E-state index in [1.54, 1.807) is 7.11 Å². The molecule has 0 aliphatic carbocycles. The van der Waals surface area contributed by atoms with E-state index in [-0.39, 0.29) is 0 Å². The van der Waals surface area contributed by atoms with Gasteiger partial charge in [0.2, 0.25) is 0 Å². The SMILES string of the molecule is COc1cnn(CCN(C)C)c1CC(C)CBr. The highest BCUT2D eigenvalue weighted by molar-refractivity contribution is 9.09. The molecule has 0 spiro atoms. The summed E-state index contributed by atoms with van der Waals surface area (Å²) in [5.74, 6) is 1.48. The van der Waals surface area contributed by atoms with Crippen molar-refractivity contribution in [1.29, 1.82) is 0 Å². The van der Waals surface area contributed by atoms with Crippen molar-refractivity contribution < 1.29 is 4.74 Å². The molecule has 5 heteroatoms. The lowest BCUT2D eigenvalue weighted by Gasteiger charge is -2.14. The summed E-state index contributed by atoms with van der Waals surface area (Å²) in [6.45, 7) is 4.11. The van der Waals surface area contributed by atoms with Crippen molar-refractivity contribution in [1.82, 2.24) is 14.7 Å². The number of nitrogens with zero attached hydrogens (tertiary/aromatic N) is 3. The zero-order valence-electron chi connectivity index (χ0n) is 11.1. The Kier molecular flexibility index (Phi) is 5.98. The van der Waals surface area contributed by atoms with Gasteiger partial charge < -0.3 is 9.64 Å². The second kappa shape index (κ2) is 7.01. The normalized spacial score (nSPS) is 13.1. The Balaban J connectivity index is 2.78. The summed E-state index contributed by atoms with van der Waals surface area (Å²) in [4.78, 5) is 2.16. The van der Waals surface area contributed by atoms with Gasteiger partial charge in [-0.25, -0.2) is 0 Å². The standard InChI is InChI=1S/C12H22BrN3O/c1-10(8-13)7-11-12(17-4)9-14-16(11)6-5-15(2)3/h9-10H,5-8H2,1-4H3. The van der Waals surface area contributed by atoms with Gasteiger partial charge in [0, 0.05) is 11.9 Å². The maximum Gasteiger partial charge on any atom is 0.159 e. The van der Waals surface area contributed by atoms with Crippen molar-refractivity contribution in [2.24, 2.45) is 5.92 Å². The predicted molar refractivity (Wildman–Crippen MR) is 74.0 cm³/mol. The van der Waals surface area contributed by atoms with E-state index in [1.807, 2.05) is 6.20 Å². The van der Waals surface area contributed by atoms with Crippen LogP contribution in [0.4, 0.5) is 0 Å². The number of methoxy groups -OCH3 is 1. The first-order valence-corrected chi connectivity index (χ1v) is 7.00. The van der Waals surface area contributed by atoms with Crippen LogP contribution in [0.3, 0.4) is 0 Å². The second-order valence-electron chi connectivity index (χ2n) is 4.65. The molecule has 98 valence electrons. The summed E-state index contributed by atoms with van der Waals surface area (Å²) in [7, 11) is 5.85. The van der Waals surface area contributed by atoms with Gasteiger partial charge in [-0.15, -0.1) is 0 Å². The lowest BCUT2D eigenvalue weighted by molar-refractivity contribution is 0.363. The molecule has 1 aromatic rings. The average molecular weight is 304 g/mol. The molecule has 0 saturated heterocycles. The molecule has 1 aromatic heterocycles. The second-order valence-corrected chi connectivity index (χ2v) is 5.30. The molecule has 1 unspecified atom stereocenters. The van der Waals surface area contributed by atoms with Gasteiger partial charge in [0.1, 0.15) is 0 Å². The van der Waals surface area contributed by atoms with Crippen molar-refractivity contribution in [2.45, 2.75) is 19.9 Å². The van der Waals surface area contributed by atoms with E-state index in [9.17, 15) is 0 Å². The number of hydrogen-bond acceptors (Lipinski definition) is 3. The third kappa shape index (κ3) is 4.32. The number of alkyl halides is 1. The van der Waals surface area contributed by atoms with Gasteiger partial charge in [0.25, 0.3) is 0 Å². The fourth-order valence-corrected chi connectivity index (χ4v) is 1.87. The van der Waals surface area contributed by atoms with Crippen LogP contribution in [-0.4, -0.2) is 47.8 Å². The summed E-state index contributed by atoms with van der Waals surface area (Å²) in [5.41, 5.74) is 1.20. The van der Waals surface area contributed by atoms with E-state index in [2.05, 4.69) is 51.6 Å². The summed E-state index contributed by atoms with van der Waals surface area (Å²) in [6, 6.07) is 0. The molecule has 0 N–H and O–H groups in total. The Labute approximate surface area is 112 Å². The maximum absolute atomic E-state index is 5.37. The van der Waals surface area contributed by atoms with Crippen LogP contribution in [0, 0.1) is 5.92 Å². The fraction of sp³-hybridized carbons (Fsp3) is 0.750. The van der Waals surface area contributed by atoms with Crippen molar-refractivity contribution >= 4 is 15.9 Å². The first-order valence-electron chi connectivity index (χ1n) is 5.87. The molecule has 0 aromatic carbocycles. The molecule has 0 aliphatic heterocycles. The summed E-state index contributed by atoms with van der Waals surface area (Å²) < 4.78 is 7.42. The highest BCUT2D eigenvalue weighted by Crippen LogP contribution is 2.21. The van der Waals surface area contributed by atoms with Crippen LogP contribution in [0.25, 0.3) is 0 Å². The molecule has 0 bridgehead atoms. The molecule has 1 rings (SSSR count). The number of aromatic nitrogens is 2. The largest absolute Gasteiger partial charge is 0.493 e. The van der Waals surface area contributed by atoms with Crippen LogP contribution >= 0.6 is 15.9 Å². The van der Waals surface area contributed by atoms with E-state index >= 15 is 0 Å². The molecule has 0 amide bonds. The first-order chi connectivity index (χ1) is 8.08. The van der Waals surface area contributed by atoms with Gasteiger partial charge in [-0.05, 0) is 26.4 Å². The van der Waals surface area contributed by atoms with Gasteiger partial charge in [-0.3, -0.25) is 4.68 Å². The summed E-state index contributed by atoms with van der Waals surface area (Å²) >= 11 is 3.52. The number of likely N-dealkylation sites (N-methyl/N-ethyl adjacent to an activating group) is 1. The van der Waals surface area contributed by atoms with Gasteiger partial charge in [-0.2, -0.15) is 5.10 Å². The highest BCUT2D eigenvalue weighted by atomic mass is 79.9. The topological polar surface area (TPSA) is 30.3 Å². The van der Waals surface area contributed by atoms with E-state index in [4.69, 9.17) is 4.74 Å². The van der Waals surface area contributed by atoms with E-state index < -0.39 is 0 Å². The molecular weight excluding hydrogens is 282 g/mol. The van der Waals surface area contributed by atoms with Crippen LogP contribution in [0.1, 0.15) is 12.6 Å². The molecule has 0 radical (unpaired) electrons. The molecule has 0 saturated carbocycles. The molecule has 1 heterocycles. The Morgan fingerprint density at radius 2 is 2.24 bits per heavy atom. The van der Waals surface area contributed by atoms with Crippen LogP contribution in [0.5, 0.6) is 5.75 Å². The zero-order valence-corrected chi connectivity index (χ0v) is 12.7. The lowest BCUT2D eigenvalue weighted by atomic mass is 10.1. The number of hydrogen-bond donors (Lipinski definition) is 0. The van der Waals surface area contributed by atoms with Gasteiger partial charge in [-0.1, -0.05) is 22.9 Å². The third-order valence-electron chi connectivity index (χ3n) is 2.69. The van der Waals surface area contributed by atoms with Gasteiger partial charge >= 0.3 is 0 Å². The quantitative estimate of drug-likeness (QED) is 0.722. The minimum absolute atomic E-state index is 0.582. The molecule has 0 aliphatic rings. The van der Waals surface area contributed by atoms with E-state index in [0.717, 1.165) is 30.6 Å². The van der Waals surface area contributed by atoms with Crippen molar-refractivity contribution in [3.05, 3.63) is 11.9 Å². The number of halogens is 1. The zero-order chi connectivity index (χ0) is 12.8. The molecule has 0 fully saturated rings. The van der Waals surface area contributed by atoms with Crippen LogP contribution in [0.2, 0.25) is 0 Å². The minimum atomic E-state index is 0.582. The van der Waals surface area contributed by atoms with E-state index in [0.29, 0.717) is 5.92 Å². The van der Waals surface area contributed by atoms with Crippen molar-refractivity contribution in [3.63, 3.8) is 0 Å². The molecular formula is C12H22BrN3O. The van der Waals surface area contributed by atoms with Crippen LogP contribution < -0.4 is 4.74 Å². The molecule has 4 nitrogen and oxygen atoms in total. The lowest BCUT2D eigenvalue weighted by Crippen LogP contribution is -2.21. The minimum Gasteiger partial charge on any atom is -0.493 e. The summed E-state index contributed by atoms with van der Waals surface area (Å²) in [6.07, 6.45) is 2.80. The smallest absolute Gasteiger partial charge is 0.159 e. The van der Waals surface area contributed by atoms with Crippen LogP contribution in [-0.2, 0) is 13.0 Å². The molecule has 17 heavy (non-hydrogen) atoms. The van der Waals surface area contributed by atoms with Gasteiger partial charge in [0.05, 0.1) is 25.5 Å². The molecule has 1 atom stereocenters. The first kappa shape index (κ1) is 14.5. The van der Waals surface area contributed by atoms with Crippen molar-refractivity contribution in [2.75, 3.05) is 33.1 Å². The monoisotopic (exact) mass is 303 g/mol. The average Bonchev–Trinajstić information content (AvgIpc) is 2.68. The third-order valence-corrected chi connectivity index (χ3v) is 3.80. The summed E-state index contributed by atoms with van der Waals surface area (Å²) in [5, 5.41) is 5.39. The Hall–Kier alpha value is -0.550. The van der Waals surface area contributed by atoms with Gasteiger partial charge in [0.15, 0.2) is 5.75 Å². The Bertz CT molecular complexity index is 338. The van der Waals surface area contributed by atoms with Crippen LogP contribution in [0.15, 0.2) is 6.20 Å². The Morgan fingerprint density at radius 1 is 1.53 bits per heavy atom. The highest BCUT2D eigenvalue weighted by Gasteiger charge is 2.14. The maximum atomic E-state index is 5.37. The number of ether oxygens (including phenoxy) is 1. The fourth-order valence-electron chi connectivity index (χ4n) is 1.64. The Morgan fingerprint density at radius 3 is 2.76 bits per heavy atom. The van der Waals surface area contributed by atoms with Crippen molar-refractivity contribution in [3.8, 4) is 5.75 Å². The number of rotatable bonds is 7. The predicted octanol–water partition coefficient (Wildman–Crippen LogP) is 2.03.